The summed E-state index contributed by atoms with van der Waals surface area (Å²) < 4.78 is 0. The van der Waals surface area contributed by atoms with Crippen molar-refractivity contribution in [2.75, 3.05) is 5.32 Å². The molecular formula is C26H27NO2S. The number of hydrogen-bond donors (Lipinski definition) is 1. The second kappa shape index (κ2) is 9.31. The Balaban J connectivity index is 1.69. The number of carbonyl (C=O) groups excluding carboxylic acids is 2. The molecule has 4 heteroatoms. The van der Waals surface area contributed by atoms with E-state index in [-0.39, 0.29) is 22.4 Å². The average Bonchev–Trinajstić information content (AvgIpc) is 2.73. The van der Waals surface area contributed by atoms with Gasteiger partial charge in [0.05, 0.1) is 5.25 Å². The summed E-state index contributed by atoms with van der Waals surface area (Å²) >= 11 is 1.50. The van der Waals surface area contributed by atoms with Crippen molar-refractivity contribution >= 4 is 29.1 Å². The van der Waals surface area contributed by atoms with Crippen molar-refractivity contribution in [3.05, 3.63) is 95.6 Å². The number of ketones is 1. The highest BCUT2D eigenvalue weighted by molar-refractivity contribution is 8.00. The lowest BCUT2D eigenvalue weighted by Crippen LogP contribution is -2.22. The Morgan fingerprint density at radius 1 is 0.833 bits per heavy atom. The van der Waals surface area contributed by atoms with Gasteiger partial charge >= 0.3 is 0 Å². The first-order valence-corrected chi connectivity index (χ1v) is 10.9. The van der Waals surface area contributed by atoms with E-state index in [0.717, 1.165) is 4.90 Å². The third-order valence-electron chi connectivity index (χ3n) is 4.83. The summed E-state index contributed by atoms with van der Waals surface area (Å²) in [6, 6.07) is 24.7. The zero-order chi connectivity index (χ0) is 21.7. The SMILES string of the molecule is C[C@H](Sc1ccccc1)C(=O)Nc1cccc(C(=O)c2ccc(C(C)(C)C)cc2)c1. The van der Waals surface area contributed by atoms with Gasteiger partial charge in [0.2, 0.25) is 5.91 Å². The molecule has 0 radical (unpaired) electrons. The Labute approximate surface area is 182 Å². The maximum Gasteiger partial charge on any atom is 0.237 e. The van der Waals surface area contributed by atoms with Crippen LogP contribution in [0.4, 0.5) is 5.69 Å². The Bertz CT molecular complexity index is 1020. The maximum absolute atomic E-state index is 12.9. The summed E-state index contributed by atoms with van der Waals surface area (Å²) in [5.74, 6) is -0.152. The Hall–Kier alpha value is -2.85. The van der Waals surface area contributed by atoms with Crippen LogP contribution in [0.25, 0.3) is 0 Å². The van der Waals surface area contributed by atoms with E-state index in [1.165, 1.54) is 17.3 Å². The summed E-state index contributed by atoms with van der Waals surface area (Å²) in [5, 5.41) is 2.67. The molecule has 0 bridgehead atoms. The number of carbonyl (C=O) groups is 2. The zero-order valence-electron chi connectivity index (χ0n) is 17.8. The van der Waals surface area contributed by atoms with Crippen LogP contribution >= 0.6 is 11.8 Å². The summed E-state index contributed by atoms with van der Waals surface area (Å²) in [4.78, 5) is 26.5. The molecule has 0 aromatic heterocycles. The number of nitrogens with one attached hydrogen (secondary N) is 1. The van der Waals surface area contributed by atoms with Crippen LogP contribution in [0.3, 0.4) is 0 Å². The van der Waals surface area contributed by atoms with Gasteiger partial charge in [0.1, 0.15) is 0 Å². The van der Waals surface area contributed by atoms with E-state index in [9.17, 15) is 9.59 Å². The predicted molar refractivity (Wildman–Crippen MR) is 125 cm³/mol. The second-order valence-corrected chi connectivity index (χ2v) is 9.71. The average molecular weight is 418 g/mol. The summed E-state index contributed by atoms with van der Waals surface area (Å²) in [5.41, 5.74) is 3.04. The third-order valence-corrected chi connectivity index (χ3v) is 5.94. The van der Waals surface area contributed by atoms with Crippen molar-refractivity contribution in [2.24, 2.45) is 0 Å². The van der Waals surface area contributed by atoms with Gasteiger partial charge in [-0.05, 0) is 42.2 Å². The van der Waals surface area contributed by atoms with Crippen LogP contribution in [0.15, 0.2) is 83.8 Å². The van der Waals surface area contributed by atoms with Crippen molar-refractivity contribution in [2.45, 2.75) is 43.3 Å². The molecule has 1 amide bonds. The van der Waals surface area contributed by atoms with Crippen LogP contribution in [0.1, 0.15) is 49.2 Å². The van der Waals surface area contributed by atoms with Crippen molar-refractivity contribution in [3.63, 3.8) is 0 Å². The Morgan fingerprint density at radius 3 is 2.13 bits per heavy atom. The summed E-state index contributed by atoms with van der Waals surface area (Å²) in [6.07, 6.45) is 0. The first-order chi connectivity index (χ1) is 14.2. The molecule has 3 aromatic rings. The molecule has 0 aliphatic carbocycles. The normalized spacial score (nSPS) is 12.3. The van der Waals surface area contributed by atoms with E-state index in [1.807, 2.05) is 61.5 Å². The van der Waals surface area contributed by atoms with Crippen molar-refractivity contribution in [1.29, 1.82) is 0 Å². The number of anilines is 1. The molecule has 3 rings (SSSR count). The lowest BCUT2D eigenvalue weighted by molar-refractivity contribution is -0.115. The van der Waals surface area contributed by atoms with Gasteiger partial charge in [0.15, 0.2) is 5.78 Å². The third kappa shape index (κ3) is 5.61. The van der Waals surface area contributed by atoms with Crippen LogP contribution in [0.5, 0.6) is 0 Å². The highest BCUT2D eigenvalue weighted by Gasteiger charge is 2.17. The first kappa shape index (κ1) is 21.8. The van der Waals surface area contributed by atoms with E-state index in [2.05, 4.69) is 26.1 Å². The number of benzene rings is 3. The largest absolute Gasteiger partial charge is 0.325 e. The van der Waals surface area contributed by atoms with Gasteiger partial charge in [0.25, 0.3) is 0 Å². The fraction of sp³-hybridized carbons (Fsp3) is 0.231. The highest BCUT2D eigenvalue weighted by atomic mass is 32.2. The summed E-state index contributed by atoms with van der Waals surface area (Å²) in [7, 11) is 0. The minimum Gasteiger partial charge on any atom is -0.325 e. The first-order valence-electron chi connectivity index (χ1n) is 10.0. The van der Waals surface area contributed by atoms with Crippen LogP contribution in [-0.4, -0.2) is 16.9 Å². The predicted octanol–water partition coefficient (Wildman–Crippen LogP) is 6.33. The molecule has 0 fully saturated rings. The Morgan fingerprint density at radius 2 is 1.50 bits per heavy atom. The molecular weight excluding hydrogens is 390 g/mol. The van der Waals surface area contributed by atoms with Gasteiger partial charge in [-0.15, -0.1) is 11.8 Å². The van der Waals surface area contributed by atoms with E-state index in [1.54, 1.807) is 24.3 Å². The minimum absolute atomic E-state index is 0.0419. The number of amides is 1. The lowest BCUT2D eigenvalue weighted by atomic mass is 9.86. The second-order valence-electron chi connectivity index (χ2n) is 8.30. The molecule has 0 aliphatic heterocycles. The molecule has 0 spiro atoms. The number of hydrogen-bond acceptors (Lipinski definition) is 3. The van der Waals surface area contributed by atoms with Crippen LogP contribution in [0, 0.1) is 0 Å². The molecule has 1 atom stereocenters. The fourth-order valence-electron chi connectivity index (χ4n) is 3.03. The monoisotopic (exact) mass is 417 g/mol. The van der Waals surface area contributed by atoms with E-state index in [0.29, 0.717) is 16.8 Å². The van der Waals surface area contributed by atoms with Gasteiger partial charge in [-0.2, -0.15) is 0 Å². The molecule has 0 saturated carbocycles. The van der Waals surface area contributed by atoms with E-state index in [4.69, 9.17) is 0 Å². The smallest absolute Gasteiger partial charge is 0.237 e. The van der Waals surface area contributed by atoms with Gasteiger partial charge in [0, 0.05) is 21.7 Å². The molecule has 1 N–H and O–H groups in total. The van der Waals surface area contributed by atoms with Gasteiger partial charge < -0.3 is 5.32 Å². The molecule has 0 saturated heterocycles. The fourth-order valence-corrected chi connectivity index (χ4v) is 3.92. The molecule has 154 valence electrons. The quantitative estimate of drug-likeness (QED) is 0.376. The van der Waals surface area contributed by atoms with Crippen molar-refractivity contribution < 1.29 is 9.59 Å². The van der Waals surface area contributed by atoms with E-state index < -0.39 is 0 Å². The van der Waals surface area contributed by atoms with Gasteiger partial charge in [-0.1, -0.05) is 75.4 Å². The maximum atomic E-state index is 12.9. The number of rotatable bonds is 6. The van der Waals surface area contributed by atoms with Crippen molar-refractivity contribution in [3.8, 4) is 0 Å². The minimum atomic E-state index is -0.253. The van der Waals surface area contributed by atoms with Gasteiger partial charge in [-0.3, -0.25) is 9.59 Å². The highest BCUT2D eigenvalue weighted by Crippen LogP contribution is 2.25. The van der Waals surface area contributed by atoms with Crippen LogP contribution in [0.2, 0.25) is 0 Å². The molecule has 0 heterocycles. The standard InChI is InChI=1S/C26H27NO2S/c1-18(30-23-11-6-5-7-12-23)25(29)27-22-10-8-9-20(17-22)24(28)19-13-15-21(16-14-19)26(2,3)4/h5-18H,1-4H3,(H,27,29)/t18-/m0/s1. The molecule has 0 unspecified atom stereocenters. The van der Waals surface area contributed by atoms with Crippen LogP contribution < -0.4 is 5.32 Å². The van der Waals surface area contributed by atoms with Gasteiger partial charge in [-0.25, -0.2) is 0 Å². The van der Waals surface area contributed by atoms with Crippen molar-refractivity contribution in [1.82, 2.24) is 0 Å². The topological polar surface area (TPSA) is 46.2 Å². The summed E-state index contributed by atoms with van der Waals surface area (Å²) in [6.45, 7) is 8.31. The zero-order valence-corrected chi connectivity index (χ0v) is 18.6. The lowest BCUT2D eigenvalue weighted by Gasteiger charge is -2.19. The molecule has 30 heavy (non-hydrogen) atoms. The molecule has 3 nitrogen and oxygen atoms in total. The number of thioether (sulfide) groups is 1. The molecule has 0 aliphatic rings. The molecule has 3 aromatic carbocycles. The Kier molecular flexibility index (Phi) is 6.78. The van der Waals surface area contributed by atoms with E-state index >= 15 is 0 Å². The van der Waals surface area contributed by atoms with Crippen LogP contribution in [-0.2, 0) is 10.2 Å².